The molecule has 0 atom stereocenters. The molecule has 0 aromatic heterocycles. The monoisotopic (exact) mass is 290 g/mol. The van der Waals surface area contributed by atoms with E-state index >= 15 is 0 Å². The fourth-order valence-electron chi connectivity index (χ4n) is 2.77. The first-order chi connectivity index (χ1) is 9.95. The Kier molecular flexibility index (Phi) is 4.88. The largest absolute Gasteiger partial charge is 0.395 e. The summed E-state index contributed by atoms with van der Waals surface area (Å²) in [7, 11) is 0. The molecule has 1 aromatic rings. The topological polar surface area (TPSA) is 52.6 Å². The lowest BCUT2D eigenvalue weighted by molar-refractivity contribution is 0.172. The highest BCUT2D eigenvalue weighted by Gasteiger charge is 2.33. The molecule has 1 saturated carbocycles. The van der Waals surface area contributed by atoms with Crippen molar-refractivity contribution in [3.05, 3.63) is 35.4 Å². The normalized spacial score (nSPS) is 14.9. The quantitative estimate of drug-likeness (QED) is 0.845. The van der Waals surface area contributed by atoms with Crippen LogP contribution in [-0.4, -0.2) is 41.8 Å². The summed E-state index contributed by atoms with van der Waals surface area (Å²) in [5.41, 5.74) is 2.38. The number of amides is 2. The molecule has 0 saturated heterocycles. The van der Waals surface area contributed by atoms with Gasteiger partial charge < -0.3 is 15.3 Å². The van der Waals surface area contributed by atoms with Crippen molar-refractivity contribution >= 4 is 6.03 Å². The van der Waals surface area contributed by atoms with Crippen molar-refractivity contribution in [2.24, 2.45) is 0 Å². The van der Waals surface area contributed by atoms with Crippen LogP contribution in [0, 0.1) is 6.92 Å². The zero-order chi connectivity index (χ0) is 15.5. The lowest BCUT2D eigenvalue weighted by Crippen LogP contribution is -2.46. The number of rotatable bonds is 6. The highest BCUT2D eigenvalue weighted by atomic mass is 16.3. The molecule has 0 spiro atoms. The number of carbonyl (C=O) groups excluding carboxylic acids is 1. The van der Waals surface area contributed by atoms with Crippen molar-refractivity contribution in [2.45, 2.75) is 45.1 Å². The molecule has 1 fully saturated rings. The average molecular weight is 290 g/mol. The third kappa shape index (κ3) is 3.97. The van der Waals surface area contributed by atoms with Crippen LogP contribution in [0.25, 0.3) is 0 Å². The smallest absolute Gasteiger partial charge is 0.317 e. The van der Waals surface area contributed by atoms with E-state index in [1.54, 1.807) is 4.90 Å². The van der Waals surface area contributed by atoms with E-state index in [9.17, 15) is 4.79 Å². The molecule has 116 valence electrons. The van der Waals surface area contributed by atoms with E-state index in [1.165, 1.54) is 11.1 Å². The summed E-state index contributed by atoms with van der Waals surface area (Å²) in [4.78, 5) is 14.0. The summed E-state index contributed by atoms with van der Waals surface area (Å²) in [6, 6.07) is 8.54. The molecule has 2 rings (SSSR count). The first kappa shape index (κ1) is 15.8. The first-order valence-corrected chi connectivity index (χ1v) is 7.67. The van der Waals surface area contributed by atoms with E-state index in [0.717, 1.165) is 12.8 Å². The van der Waals surface area contributed by atoms with Gasteiger partial charge in [-0.3, -0.25) is 0 Å². The van der Waals surface area contributed by atoms with Crippen LogP contribution in [0.2, 0.25) is 0 Å². The SMILES string of the molecule is Cc1ccccc1C(C)(C)CNC(=O)N(CCO)C1CC1. The Bertz CT molecular complexity index is 495. The molecule has 0 aliphatic heterocycles. The minimum Gasteiger partial charge on any atom is -0.395 e. The molecular weight excluding hydrogens is 264 g/mol. The van der Waals surface area contributed by atoms with Crippen LogP contribution in [0.15, 0.2) is 24.3 Å². The van der Waals surface area contributed by atoms with E-state index in [1.807, 2.05) is 12.1 Å². The number of urea groups is 1. The molecule has 1 aromatic carbocycles. The van der Waals surface area contributed by atoms with Gasteiger partial charge in [-0.25, -0.2) is 4.79 Å². The van der Waals surface area contributed by atoms with Crippen molar-refractivity contribution in [2.75, 3.05) is 19.7 Å². The van der Waals surface area contributed by atoms with Crippen LogP contribution in [0.4, 0.5) is 4.79 Å². The zero-order valence-electron chi connectivity index (χ0n) is 13.2. The lowest BCUT2D eigenvalue weighted by Gasteiger charge is -2.29. The maximum atomic E-state index is 12.3. The van der Waals surface area contributed by atoms with Gasteiger partial charge in [0.1, 0.15) is 0 Å². The Morgan fingerprint density at radius 2 is 2.05 bits per heavy atom. The molecular formula is C17H26N2O2. The van der Waals surface area contributed by atoms with E-state index in [4.69, 9.17) is 5.11 Å². The molecule has 4 nitrogen and oxygen atoms in total. The summed E-state index contributed by atoms with van der Waals surface area (Å²) >= 11 is 0. The minimum atomic E-state index is -0.116. The molecule has 0 heterocycles. The van der Waals surface area contributed by atoms with E-state index in [2.05, 4.69) is 38.2 Å². The van der Waals surface area contributed by atoms with Crippen molar-refractivity contribution in [3.63, 3.8) is 0 Å². The number of nitrogens with zero attached hydrogens (tertiary/aromatic N) is 1. The van der Waals surface area contributed by atoms with Crippen LogP contribution in [0.5, 0.6) is 0 Å². The number of nitrogens with one attached hydrogen (secondary N) is 1. The van der Waals surface area contributed by atoms with Gasteiger partial charge in [0, 0.05) is 24.5 Å². The number of aliphatic hydroxyl groups excluding tert-OH is 1. The van der Waals surface area contributed by atoms with Crippen molar-refractivity contribution < 1.29 is 9.90 Å². The lowest BCUT2D eigenvalue weighted by atomic mass is 9.82. The predicted molar refractivity (Wildman–Crippen MR) is 84.4 cm³/mol. The Morgan fingerprint density at radius 1 is 1.38 bits per heavy atom. The molecule has 4 heteroatoms. The van der Waals surface area contributed by atoms with E-state index < -0.39 is 0 Å². The minimum absolute atomic E-state index is 0.0190. The van der Waals surface area contributed by atoms with Crippen LogP contribution < -0.4 is 5.32 Å². The summed E-state index contributed by atoms with van der Waals surface area (Å²) in [5.74, 6) is 0. The van der Waals surface area contributed by atoms with Crippen LogP contribution in [0.1, 0.15) is 37.8 Å². The number of aryl methyl sites for hydroxylation is 1. The van der Waals surface area contributed by atoms with E-state index in [-0.39, 0.29) is 18.1 Å². The van der Waals surface area contributed by atoms with Crippen LogP contribution in [-0.2, 0) is 5.41 Å². The van der Waals surface area contributed by atoms with Gasteiger partial charge in [-0.05, 0) is 30.9 Å². The second-order valence-electron chi connectivity index (χ2n) is 6.51. The van der Waals surface area contributed by atoms with Crippen molar-refractivity contribution in [1.29, 1.82) is 0 Å². The van der Waals surface area contributed by atoms with Gasteiger partial charge in [-0.2, -0.15) is 0 Å². The molecule has 0 unspecified atom stereocenters. The third-order valence-electron chi connectivity index (χ3n) is 4.15. The highest BCUT2D eigenvalue weighted by Crippen LogP contribution is 2.28. The molecule has 1 aliphatic carbocycles. The number of hydrogen-bond acceptors (Lipinski definition) is 2. The van der Waals surface area contributed by atoms with Gasteiger partial charge in [-0.15, -0.1) is 0 Å². The zero-order valence-corrected chi connectivity index (χ0v) is 13.2. The summed E-state index contributed by atoms with van der Waals surface area (Å²) < 4.78 is 0. The number of benzene rings is 1. The Morgan fingerprint density at radius 3 is 2.62 bits per heavy atom. The predicted octanol–water partition coefficient (Wildman–Crippen LogP) is 2.44. The van der Waals surface area contributed by atoms with Gasteiger partial charge in [0.15, 0.2) is 0 Å². The second kappa shape index (κ2) is 6.48. The van der Waals surface area contributed by atoms with E-state index in [0.29, 0.717) is 19.1 Å². The van der Waals surface area contributed by atoms with Gasteiger partial charge in [0.25, 0.3) is 0 Å². The average Bonchev–Trinajstić information content (AvgIpc) is 3.27. The van der Waals surface area contributed by atoms with Gasteiger partial charge in [0.2, 0.25) is 0 Å². The number of carbonyl (C=O) groups is 1. The van der Waals surface area contributed by atoms with Crippen molar-refractivity contribution in [3.8, 4) is 0 Å². The molecule has 1 aliphatic rings. The molecule has 0 bridgehead atoms. The highest BCUT2D eigenvalue weighted by molar-refractivity contribution is 5.75. The first-order valence-electron chi connectivity index (χ1n) is 7.67. The van der Waals surface area contributed by atoms with Gasteiger partial charge >= 0.3 is 6.03 Å². The van der Waals surface area contributed by atoms with Gasteiger partial charge in [0.05, 0.1) is 6.61 Å². The number of aliphatic hydroxyl groups is 1. The molecule has 2 amide bonds. The molecule has 21 heavy (non-hydrogen) atoms. The summed E-state index contributed by atoms with van der Waals surface area (Å²) in [6.45, 7) is 7.41. The second-order valence-corrected chi connectivity index (χ2v) is 6.51. The third-order valence-corrected chi connectivity index (χ3v) is 4.15. The van der Waals surface area contributed by atoms with Crippen molar-refractivity contribution in [1.82, 2.24) is 10.2 Å². The molecule has 2 N–H and O–H groups in total. The Labute approximate surface area is 127 Å². The molecule has 0 radical (unpaired) electrons. The maximum absolute atomic E-state index is 12.3. The fraction of sp³-hybridized carbons (Fsp3) is 0.588. The standard InChI is InChI=1S/C17H26N2O2/c1-13-6-4-5-7-15(13)17(2,3)12-18-16(21)19(10-11-20)14-8-9-14/h4-7,14,20H,8-12H2,1-3H3,(H,18,21). The maximum Gasteiger partial charge on any atom is 0.317 e. The fourth-order valence-corrected chi connectivity index (χ4v) is 2.77. The van der Waals surface area contributed by atoms with Crippen LogP contribution in [0.3, 0.4) is 0 Å². The Balaban J connectivity index is 1.97. The van der Waals surface area contributed by atoms with Gasteiger partial charge in [-0.1, -0.05) is 38.1 Å². The number of hydrogen-bond donors (Lipinski definition) is 2. The summed E-state index contributed by atoms with van der Waals surface area (Å²) in [5, 5.41) is 12.1. The van der Waals surface area contributed by atoms with Crippen LogP contribution >= 0.6 is 0 Å². The Hall–Kier alpha value is -1.55. The summed E-state index contributed by atoms with van der Waals surface area (Å²) in [6.07, 6.45) is 2.10.